The molecule has 0 atom stereocenters. The molecule has 0 radical (unpaired) electrons. The van der Waals surface area contributed by atoms with Gasteiger partial charge in [-0.1, -0.05) is 413 Å². The Morgan fingerprint density at radius 2 is 0.197 bits per heavy atom. The van der Waals surface area contributed by atoms with Crippen LogP contribution in [0.2, 0.25) is 0 Å². The fraction of sp³-hybridized carbons (Fsp3) is 0. The summed E-state index contributed by atoms with van der Waals surface area (Å²) in [6.45, 7) is 0. The molecule has 574 valence electrons. The van der Waals surface area contributed by atoms with Crippen LogP contribution in [0.25, 0.3) is 123 Å². The number of ketones is 3. The summed E-state index contributed by atoms with van der Waals surface area (Å²) in [6.07, 6.45) is 0. The van der Waals surface area contributed by atoms with E-state index in [0.717, 1.165) is 156 Å². The molecule has 0 aromatic heterocycles. The summed E-state index contributed by atoms with van der Waals surface area (Å²) < 4.78 is 13.6. The first kappa shape index (κ1) is 74.6. The lowest BCUT2D eigenvalue weighted by Crippen LogP contribution is -2.02. The first-order chi connectivity index (χ1) is 60.3. The Hall–Kier alpha value is -16.2. The van der Waals surface area contributed by atoms with Crippen LogP contribution in [0.4, 0.5) is 0 Å². The number of rotatable bonds is 21. The Balaban J connectivity index is 0.638. The van der Waals surface area contributed by atoms with Crippen molar-refractivity contribution in [2.45, 2.75) is 0 Å². The summed E-state index contributed by atoms with van der Waals surface area (Å²) in [6, 6.07) is 156. The van der Waals surface area contributed by atoms with Gasteiger partial charge in [0.1, 0.15) is 23.0 Å². The number of benzene rings is 17. The van der Waals surface area contributed by atoms with Gasteiger partial charge in [0, 0.05) is 66.9 Å². The van der Waals surface area contributed by atoms with E-state index < -0.39 is 0 Å². The van der Waals surface area contributed by atoms with Gasteiger partial charge in [0.05, 0.1) is 0 Å². The van der Waals surface area contributed by atoms with Gasteiger partial charge in [0.2, 0.25) is 0 Å². The molecule has 0 bridgehead atoms. The first-order valence-corrected chi connectivity index (χ1v) is 41.1. The summed E-state index contributed by atoms with van der Waals surface area (Å²) in [5, 5.41) is 0. The number of carbonyl (C=O) groups is 3. The average molecular weight is 1560 g/mol. The fourth-order valence-corrected chi connectivity index (χ4v) is 17.3. The smallest absolute Gasteiger partial charge is 0.195 e. The number of Topliss-reactive ketones (excluding diaryl/α,β-unsaturated/α-hetero) is 3. The minimum atomic E-state index is -0.0935. The van der Waals surface area contributed by atoms with Crippen molar-refractivity contribution in [3.8, 4) is 78.6 Å². The Kier molecular flexibility index (Phi) is 20.2. The lowest BCUT2D eigenvalue weighted by Gasteiger charge is -2.16. The number of ether oxygens (including phenoxy) is 2. The molecule has 0 fully saturated rings. The van der Waals surface area contributed by atoms with Crippen molar-refractivity contribution in [2.24, 2.45) is 0 Å². The van der Waals surface area contributed by atoms with Crippen LogP contribution in [0.3, 0.4) is 0 Å². The predicted octanol–water partition coefficient (Wildman–Crippen LogP) is 28.9. The normalized spacial score (nSPS) is 13.4. The highest BCUT2D eigenvalue weighted by molar-refractivity contribution is 6.61. The van der Waals surface area contributed by atoms with Gasteiger partial charge in [-0.05, 0) is 171 Å². The molecular formula is C117H76O5. The Morgan fingerprint density at radius 1 is 0.0984 bits per heavy atom. The van der Waals surface area contributed by atoms with Gasteiger partial charge in [-0.15, -0.1) is 0 Å². The van der Waals surface area contributed by atoms with E-state index in [9.17, 15) is 0 Å². The maximum absolute atomic E-state index is 16.0. The van der Waals surface area contributed by atoms with Crippen molar-refractivity contribution in [2.75, 3.05) is 0 Å². The molecule has 5 heteroatoms. The summed E-state index contributed by atoms with van der Waals surface area (Å²) >= 11 is 0. The molecule has 20 rings (SSSR count). The minimum absolute atomic E-state index is 0.0470. The molecule has 0 saturated heterocycles. The topological polar surface area (TPSA) is 69.7 Å². The van der Waals surface area contributed by atoms with Crippen molar-refractivity contribution in [3.05, 3.63) is 528 Å². The molecule has 0 amide bonds. The molecular weight excluding hydrogens is 1490 g/mol. The molecule has 0 heterocycles. The molecule has 0 unspecified atom stereocenters. The molecule has 17 aromatic carbocycles. The number of hydrogen-bond acceptors (Lipinski definition) is 5. The van der Waals surface area contributed by atoms with Gasteiger partial charge in [-0.25, -0.2) is 0 Å². The summed E-state index contributed by atoms with van der Waals surface area (Å²) in [7, 11) is 0. The van der Waals surface area contributed by atoms with Gasteiger partial charge < -0.3 is 9.47 Å². The van der Waals surface area contributed by atoms with E-state index >= 15 is 14.4 Å². The third kappa shape index (κ3) is 14.6. The third-order valence-corrected chi connectivity index (χ3v) is 23.2. The summed E-state index contributed by atoms with van der Waals surface area (Å²) in [4.78, 5) is 47.2. The van der Waals surface area contributed by atoms with Gasteiger partial charge in [-0.3, -0.25) is 14.4 Å². The van der Waals surface area contributed by atoms with Crippen molar-refractivity contribution in [3.63, 3.8) is 0 Å². The molecule has 122 heavy (non-hydrogen) atoms. The summed E-state index contributed by atoms with van der Waals surface area (Å²) in [5.41, 5.74) is 29.6. The van der Waals surface area contributed by atoms with E-state index in [1.165, 1.54) is 0 Å². The zero-order chi connectivity index (χ0) is 81.8. The van der Waals surface area contributed by atoms with E-state index in [1.54, 1.807) is 0 Å². The lowest BCUT2D eigenvalue weighted by atomic mass is 9.88. The van der Waals surface area contributed by atoms with Gasteiger partial charge in [0.15, 0.2) is 17.3 Å². The van der Waals surface area contributed by atoms with Crippen LogP contribution in [-0.2, 0) is 14.4 Å². The monoisotopic (exact) mass is 1560 g/mol. The Morgan fingerprint density at radius 3 is 0.344 bits per heavy atom. The van der Waals surface area contributed by atoms with E-state index in [-0.39, 0.29) is 17.3 Å². The van der Waals surface area contributed by atoms with Crippen LogP contribution < -0.4 is 9.47 Å². The van der Waals surface area contributed by atoms with E-state index in [2.05, 4.69) is 206 Å². The largest absolute Gasteiger partial charge is 0.457 e. The number of allylic oxidation sites excluding steroid dienone is 12. The molecule has 3 aliphatic rings. The standard InChI is InChI=1S/C117H76O5/c118-115-109(87-35-19-6-20-36-87)105(103(90-51-41-82(42-52-90)77-25-9-1-10-26-77)112(115)96-55-45-84(46-56-96)79-29-13-3-14-30-79)92-61-69-99(70-62-92)121-101-73-65-94(66-74-101)107-108(114(117(120)111(107)89-39-23-8-24-40-89)98-59-49-86(50-60-98)81-33-17-5-18-34-81)95-67-75-102(76-68-95)122-100-71-63-93(64-72-100)106-104(91-53-43-83(44-54-91)78-27-11-2-12-28-78)113(116(119)110(106)88-37-21-7-22-38-88)97-57-47-85(48-58-97)80-31-15-4-16-32-80/h1-76H. The van der Waals surface area contributed by atoms with Crippen molar-refractivity contribution in [1.29, 1.82) is 0 Å². The van der Waals surface area contributed by atoms with E-state index in [4.69, 9.17) is 9.47 Å². The fourth-order valence-electron chi connectivity index (χ4n) is 17.3. The highest BCUT2D eigenvalue weighted by Crippen LogP contribution is 2.55. The molecule has 3 aliphatic carbocycles. The number of carbonyl (C=O) groups excluding carboxylic acids is 3. The van der Waals surface area contributed by atoms with Crippen LogP contribution in [-0.4, -0.2) is 17.3 Å². The maximum Gasteiger partial charge on any atom is 0.195 e. The van der Waals surface area contributed by atoms with Crippen LogP contribution >= 0.6 is 0 Å². The van der Waals surface area contributed by atoms with Gasteiger partial charge in [-0.2, -0.15) is 0 Å². The second-order valence-electron chi connectivity index (χ2n) is 30.6. The third-order valence-electron chi connectivity index (χ3n) is 23.2. The Bertz CT molecular complexity index is 7000. The Labute approximate surface area is 709 Å². The van der Waals surface area contributed by atoms with E-state index in [1.807, 2.05) is 255 Å². The minimum Gasteiger partial charge on any atom is -0.457 e. The number of hydrogen-bond donors (Lipinski definition) is 0. The lowest BCUT2D eigenvalue weighted by molar-refractivity contribution is -0.109. The van der Waals surface area contributed by atoms with Crippen molar-refractivity contribution in [1.82, 2.24) is 0 Å². The van der Waals surface area contributed by atoms with Crippen LogP contribution in [0.5, 0.6) is 23.0 Å². The molecule has 5 nitrogen and oxygen atoms in total. The van der Waals surface area contributed by atoms with E-state index in [0.29, 0.717) is 56.4 Å². The van der Waals surface area contributed by atoms with Gasteiger partial charge >= 0.3 is 0 Å². The highest BCUT2D eigenvalue weighted by Gasteiger charge is 2.39. The molecule has 0 aliphatic heterocycles. The zero-order valence-electron chi connectivity index (χ0n) is 66.4. The predicted molar refractivity (Wildman–Crippen MR) is 501 cm³/mol. The van der Waals surface area contributed by atoms with Crippen molar-refractivity contribution < 1.29 is 23.9 Å². The van der Waals surface area contributed by atoms with Crippen LogP contribution in [0.15, 0.2) is 461 Å². The maximum atomic E-state index is 16.0. The second-order valence-corrected chi connectivity index (χ2v) is 30.6. The molecule has 0 N–H and O–H groups in total. The molecule has 0 spiro atoms. The highest BCUT2D eigenvalue weighted by atomic mass is 16.5. The first-order valence-electron chi connectivity index (χ1n) is 41.1. The molecule has 0 saturated carbocycles. The van der Waals surface area contributed by atoms with Crippen LogP contribution in [0, 0.1) is 0 Å². The average Bonchev–Trinajstić information content (AvgIpc) is 1.59. The molecule has 17 aromatic rings. The quantitative estimate of drug-likeness (QED) is 0.0717. The second kappa shape index (κ2) is 33.1. The summed E-state index contributed by atoms with van der Waals surface area (Å²) in [5.74, 6) is 2.20. The zero-order valence-corrected chi connectivity index (χ0v) is 66.4. The SMILES string of the molecule is O=C1C(c2ccccc2)=C(c2ccc(Oc3ccc(C4=C(c5ccccc5)C(=O)C(c5ccc(-c6ccccc6)cc5)=C4c4ccc(-c5ccccc5)cc4)cc3)cc2)C(c2ccc(Oc3ccc(C4=C(c5ccccc5)C(=O)C(c5ccc(-c6ccccc6)cc5)=C4c4ccc(-c5ccccc5)cc4)cc3)cc2)=C1c1ccc(-c2ccccc2)cc1. The van der Waals surface area contributed by atoms with Gasteiger partial charge in [0.25, 0.3) is 0 Å². The van der Waals surface area contributed by atoms with Crippen molar-refractivity contribution >= 4 is 84.2 Å². The van der Waals surface area contributed by atoms with Crippen LogP contribution in [0.1, 0.15) is 66.8 Å².